The van der Waals surface area contributed by atoms with Gasteiger partial charge in [-0.05, 0) is 44.5 Å². The van der Waals surface area contributed by atoms with Crippen LogP contribution in [0.2, 0.25) is 5.02 Å². The largest absolute Gasteiger partial charge is 0.327 e. The predicted octanol–water partition coefficient (Wildman–Crippen LogP) is 3.77. The first kappa shape index (κ1) is 14.2. The second kappa shape index (κ2) is 5.92. The zero-order valence-electron chi connectivity index (χ0n) is 11.6. The van der Waals surface area contributed by atoms with E-state index in [0.717, 1.165) is 29.9 Å². The monoisotopic (exact) mass is 311 g/mol. The maximum atomic E-state index is 6.24. The van der Waals surface area contributed by atoms with Gasteiger partial charge in [-0.1, -0.05) is 17.7 Å². The molecule has 1 aliphatic rings. The van der Waals surface area contributed by atoms with Crippen molar-refractivity contribution in [3.05, 3.63) is 29.0 Å². The average molecular weight is 312 g/mol. The van der Waals surface area contributed by atoms with Crippen LogP contribution >= 0.6 is 23.2 Å². The molecule has 0 N–H and O–H groups in total. The molecule has 3 nitrogen and oxygen atoms in total. The van der Waals surface area contributed by atoms with Crippen molar-refractivity contribution >= 4 is 34.2 Å². The summed E-state index contributed by atoms with van der Waals surface area (Å²) in [5.74, 6) is 2.00. The van der Waals surface area contributed by atoms with Crippen LogP contribution in [0.5, 0.6) is 0 Å². The Labute approximate surface area is 129 Å². The van der Waals surface area contributed by atoms with Gasteiger partial charge >= 0.3 is 0 Å². The smallest absolute Gasteiger partial charge is 0.124 e. The number of likely N-dealkylation sites (tertiary alicyclic amines) is 1. The summed E-state index contributed by atoms with van der Waals surface area (Å²) in [6, 6.07) is 5.94. The normalized spacial score (nSPS) is 20.6. The van der Waals surface area contributed by atoms with Gasteiger partial charge in [0.25, 0.3) is 0 Å². The van der Waals surface area contributed by atoms with Crippen LogP contribution in [-0.2, 0) is 12.4 Å². The Hall–Kier alpha value is -0.770. The number of aromatic nitrogens is 2. The molecule has 1 unspecified atom stereocenters. The molecule has 1 aromatic heterocycles. The highest BCUT2D eigenvalue weighted by Crippen LogP contribution is 2.27. The van der Waals surface area contributed by atoms with Gasteiger partial charge in [-0.25, -0.2) is 4.98 Å². The van der Waals surface area contributed by atoms with Crippen LogP contribution in [0.3, 0.4) is 0 Å². The highest BCUT2D eigenvalue weighted by Gasteiger charge is 2.20. The molecular formula is C15H19Cl2N3. The van der Waals surface area contributed by atoms with E-state index in [4.69, 9.17) is 23.2 Å². The van der Waals surface area contributed by atoms with Gasteiger partial charge in [-0.2, -0.15) is 0 Å². The number of halogens is 2. The first-order chi connectivity index (χ1) is 9.69. The molecule has 0 spiro atoms. The molecule has 0 amide bonds. The molecule has 1 aliphatic heterocycles. The lowest BCUT2D eigenvalue weighted by Gasteiger charge is -2.30. The summed E-state index contributed by atoms with van der Waals surface area (Å²) >= 11 is 12.3. The van der Waals surface area contributed by atoms with Crippen molar-refractivity contribution in [2.75, 3.05) is 20.1 Å². The Bertz CT molecular complexity index is 608. The molecule has 1 aromatic carbocycles. The molecule has 5 heteroatoms. The number of para-hydroxylation sites is 1. The van der Waals surface area contributed by atoms with Crippen molar-refractivity contribution in [1.82, 2.24) is 14.5 Å². The minimum atomic E-state index is 0.424. The fourth-order valence-corrected chi connectivity index (χ4v) is 3.56. The molecule has 0 saturated carbocycles. The number of fused-ring (bicyclic) bond motifs is 1. The van der Waals surface area contributed by atoms with E-state index in [9.17, 15) is 0 Å². The summed E-state index contributed by atoms with van der Waals surface area (Å²) < 4.78 is 2.25. The van der Waals surface area contributed by atoms with E-state index in [-0.39, 0.29) is 0 Å². The molecule has 1 atom stereocenters. The number of benzene rings is 1. The van der Waals surface area contributed by atoms with Gasteiger partial charge in [-0.15, -0.1) is 11.6 Å². The first-order valence-electron chi connectivity index (χ1n) is 7.07. The number of hydrogen-bond donors (Lipinski definition) is 0. The zero-order chi connectivity index (χ0) is 14.1. The summed E-state index contributed by atoms with van der Waals surface area (Å²) in [6.45, 7) is 3.32. The maximum Gasteiger partial charge on any atom is 0.124 e. The summed E-state index contributed by atoms with van der Waals surface area (Å²) in [5, 5.41) is 0.702. The van der Waals surface area contributed by atoms with Crippen LogP contribution < -0.4 is 0 Å². The molecular weight excluding hydrogens is 293 g/mol. The van der Waals surface area contributed by atoms with Crippen LogP contribution in [-0.4, -0.2) is 34.6 Å². The highest BCUT2D eigenvalue weighted by atomic mass is 35.5. The van der Waals surface area contributed by atoms with Gasteiger partial charge in [0.1, 0.15) is 11.3 Å². The number of rotatable bonds is 3. The number of piperidine rings is 1. The number of imidazole rings is 1. The topological polar surface area (TPSA) is 21.1 Å². The molecule has 0 radical (unpaired) electrons. The van der Waals surface area contributed by atoms with Gasteiger partial charge in [0, 0.05) is 13.1 Å². The molecule has 2 heterocycles. The minimum Gasteiger partial charge on any atom is -0.327 e. The Morgan fingerprint density at radius 3 is 3.00 bits per heavy atom. The van der Waals surface area contributed by atoms with Gasteiger partial charge < -0.3 is 9.47 Å². The van der Waals surface area contributed by atoms with E-state index >= 15 is 0 Å². The minimum absolute atomic E-state index is 0.424. The third kappa shape index (κ3) is 2.67. The van der Waals surface area contributed by atoms with Crippen molar-refractivity contribution in [2.45, 2.75) is 25.3 Å². The summed E-state index contributed by atoms with van der Waals surface area (Å²) in [7, 11) is 2.19. The maximum absolute atomic E-state index is 6.24. The molecule has 3 rings (SSSR count). The fourth-order valence-electron chi connectivity index (χ4n) is 3.15. The number of hydrogen-bond acceptors (Lipinski definition) is 2. The zero-order valence-corrected chi connectivity index (χ0v) is 13.2. The van der Waals surface area contributed by atoms with Crippen molar-refractivity contribution in [2.24, 2.45) is 5.92 Å². The highest BCUT2D eigenvalue weighted by molar-refractivity contribution is 6.35. The van der Waals surface area contributed by atoms with E-state index < -0.39 is 0 Å². The van der Waals surface area contributed by atoms with Crippen molar-refractivity contribution in [3.8, 4) is 0 Å². The van der Waals surface area contributed by atoms with E-state index in [0.29, 0.717) is 16.8 Å². The Balaban J connectivity index is 1.95. The van der Waals surface area contributed by atoms with Crippen LogP contribution in [0.4, 0.5) is 0 Å². The van der Waals surface area contributed by atoms with Crippen LogP contribution in [0, 0.1) is 5.92 Å². The lowest BCUT2D eigenvalue weighted by molar-refractivity contribution is 0.195. The van der Waals surface area contributed by atoms with Crippen LogP contribution in [0.15, 0.2) is 18.2 Å². The Morgan fingerprint density at radius 1 is 1.40 bits per heavy atom. The standard InChI is InChI=1S/C15H19Cl2N3/c1-19-7-3-4-11(9-19)10-20-13-6-2-5-12(17)15(13)18-14(20)8-16/h2,5-6,11H,3-4,7-10H2,1H3. The molecule has 20 heavy (non-hydrogen) atoms. The molecule has 1 fully saturated rings. The predicted molar refractivity (Wildman–Crippen MR) is 84.5 cm³/mol. The Kier molecular flexibility index (Phi) is 4.20. The SMILES string of the molecule is CN1CCCC(Cn2c(CCl)nc3c(Cl)cccc32)C1. The lowest BCUT2D eigenvalue weighted by Crippen LogP contribution is -2.34. The van der Waals surface area contributed by atoms with Gasteiger partial charge in [0.05, 0.1) is 16.4 Å². The second-order valence-electron chi connectivity index (χ2n) is 5.65. The van der Waals surface area contributed by atoms with E-state index in [2.05, 4.69) is 27.6 Å². The van der Waals surface area contributed by atoms with Crippen molar-refractivity contribution in [1.29, 1.82) is 0 Å². The van der Waals surface area contributed by atoms with Gasteiger partial charge in [0.2, 0.25) is 0 Å². The summed E-state index contributed by atoms with van der Waals surface area (Å²) in [5.41, 5.74) is 1.97. The quantitative estimate of drug-likeness (QED) is 0.805. The van der Waals surface area contributed by atoms with E-state index in [1.165, 1.54) is 19.4 Å². The Morgan fingerprint density at radius 2 is 2.25 bits per heavy atom. The third-order valence-electron chi connectivity index (χ3n) is 4.09. The molecule has 2 aromatic rings. The third-order valence-corrected chi connectivity index (χ3v) is 4.64. The van der Waals surface area contributed by atoms with Gasteiger partial charge in [-0.3, -0.25) is 0 Å². The average Bonchev–Trinajstić information content (AvgIpc) is 2.79. The lowest BCUT2D eigenvalue weighted by atomic mass is 9.98. The molecule has 0 bridgehead atoms. The first-order valence-corrected chi connectivity index (χ1v) is 7.98. The van der Waals surface area contributed by atoms with Crippen LogP contribution in [0.25, 0.3) is 11.0 Å². The van der Waals surface area contributed by atoms with Gasteiger partial charge in [0.15, 0.2) is 0 Å². The summed E-state index contributed by atoms with van der Waals surface area (Å²) in [4.78, 5) is 7.00. The number of alkyl halides is 1. The molecule has 0 aliphatic carbocycles. The van der Waals surface area contributed by atoms with Crippen molar-refractivity contribution < 1.29 is 0 Å². The van der Waals surface area contributed by atoms with E-state index in [1.807, 2.05) is 12.1 Å². The second-order valence-corrected chi connectivity index (χ2v) is 6.32. The molecule has 1 saturated heterocycles. The number of nitrogens with zero attached hydrogens (tertiary/aromatic N) is 3. The van der Waals surface area contributed by atoms with Crippen molar-refractivity contribution in [3.63, 3.8) is 0 Å². The summed E-state index contributed by atoms with van der Waals surface area (Å²) in [6.07, 6.45) is 2.54. The fraction of sp³-hybridized carbons (Fsp3) is 0.533. The molecule has 108 valence electrons. The van der Waals surface area contributed by atoms with Crippen LogP contribution in [0.1, 0.15) is 18.7 Å². The van der Waals surface area contributed by atoms with E-state index in [1.54, 1.807) is 0 Å².